The zero-order valence-electron chi connectivity index (χ0n) is 8.67. The highest BCUT2D eigenvalue weighted by Crippen LogP contribution is 2.36. The topological polar surface area (TPSA) is 20.2 Å². The molecule has 0 heterocycles. The van der Waals surface area contributed by atoms with Crippen LogP contribution in [0.3, 0.4) is 0 Å². The van der Waals surface area contributed by atoms with Gasteiger partial charge in [0.25, 0.3) is 0 Å². The molecule has 0 aliphatic heterocycles. The molecule has 0 amide bonds. The lowest BCUT2D eigenvalue weighted by molar-refractivity contribution is 0.216. The Hall–Kier alpha value is 0.01000. The monoisotopic (exact) mass is 274 g/mol. The Morgan fingerprint density at radius 3 is 2.57 bits per heavy atom. The van der Waals surface area contributed by atoms with E-state index in [0.29, 0.717) is 0 Å². The van der Waals surface area contributed by atoms with Crippen molar-refractivity contribution in [3.05, 3.63) is 28.2 Å². The van der Waals surface area contributed by atoms with Gasteiger partial charge in [-0.05, 0) is 24.0 Å². The number of benzene rings is 1. The van der Waals surface area contributed by atoms with Crippen molar-refractivity contribution in [3.63, 3.8) is 0 Å². The lowest BCUT2D eigenvalue weighted by atomic mass is 9.85. The fourth-order valence-electron chi connectivity index (χ4n) is 1.41. The van der Waals surface area contributed by atoms with Crippen molar-refractivity contribution in [2.75, 3.05) is 12.9 Å². The molecular weight excluding hydrogens is 260 g/mol. The maximum absolute atomic E-state index is 9.36. The smallest absolute Gasteiger partial charge is 0.0523 e. The van der Waals surface area contributed by atoms with E-state index in [1.54, 1.807) is 11.8 Å². The molecule has 0 atom stereocenters. The SMILES string of the molecule is CSc1cccc(Br)c1C(C)(C)CO. The first-order valence-corrected chi connectivity index (χ1v) is 6.48. The lowest BCUT2D eigenvalue weighted by Gasteiger charge is -2.26. The molecule has 0 bridgehead atoms. The van der Waals surface area contributed by atoms with Crippen LogP contribution in [-0.4, -0.2) is 18.0 Å². The normalized spacial score (nSPS) is 11.8. The van der Waals surface area contributed by atoms with Gasteiger partial charge in [-0.2, -0.15) is 0 Å². The summed E-state index contributed by atoms with van der Waals surface area (Å²) in [7, 11) is 0. The van der Waals surface area contributed by atoms with Crippen LogP contribution < -0.4 is 0 Å². The van der Waals surface area contributed by atoms with Gasteiger partial charge in [-0.3, -0.25) is 0 Å². The highest BCUT2D eigenvalue weighted by atomic mass is 79.9. The van der Waals surface area contributed by atoms with E-state index in [0.717, 1.165) is 4.47 Å². The Labute approximate surface area is 98.0 Å². The van der Waals surface area contributed by atoms with E-state index < -0.39 is 0 Å². The molecule has 3 heteroatoms. The van der Waals surface area contributed by atoms with Gasteiger partial charge in [0.05, 0.1) is 6.61 Å². The predicted molar refractivity (Wildman–Crippen MR) is 66.0 cm³/mol. The van der Waals surface area contributed by atoms with Gasteiger partial charge < -0.3 is 5.11 Å². The van der Waals surface area contributed by atoms with Crippen LogP contribution >= 0.6 is 27.7 Å². The first-order chi connectivity index (χ1) is 6.53. The highest BCUT2D eigenvalue weighted by Gasteiger charge is 2.24. The summed E-state index contributed by atoms with van der Waals surface area (Å²) in [5, 5.41) is 9.36. The van der Waals surface area contributed by atoms with E-state index in [2.05, 4.69) is 28.3 Å². The molecule has 1 rings (SSSR count). The average Bonchev–Trinajstić information content (AvgIpc) is 2.17. The molecule has 0 aliphatic rings. The van der Waals surface area contributed by atoms with E-state index in [1.807, 2.05) is 26.0 Å². The maximum Gasteiger partial charge on any atom is 0.0523 e. The van der Waals surface area contributed by atoms with E-state index in [1.165, 1.54) is 10.5 Å². The van der Waals surface area contributed by atoms with Crippen molar-refractivity contribution in [2.45, 2.75) is 24.2 Å². The van der Waals surface area contributed by atoms with Crippen LogP contribution in [-0.2, 0) is 5.41 Å². The van der Waals surface area contributed by atoms with Crippen LogP contribution in [0.2, 0.25) is 0 Å². The quantitative estimate of drug-likeness (QED) is 0.853. The summed E-state index contributed by atoms with van der Waals surface area (Å²) in [4.78, 5) is 1.22. The van der Waals surface area contributed by atoms with Gasteiger partial charge in [0, 0.05) is 14.8 Å². The molecule has 78 valence electrons. The van der Waals surface area contributed by atoms with Crippen molar-refractivity contribution in [2.24, 2.45) is 0 Å². The molecule has 0 saturated heterocycles. The standard InChI is InChI=1S/C11H15BrOS/c1-11(2,7-13)10-8(12)5-4-6-9(10)14-3/h4-6,13H,7H2,1-3H3. The van der Waals surface area contributed by atoms with E-state index >= 15 is 0 Å². The summed E-state index contributed by atoms with van der Waals surface area (Å²) in [5.41, 5.74) is 0.994. The first kappa shape index (κ1) is 12.1. The third kappa shape index (κ3) is 2.33. The number of hydrogen-bond donors (Lipinski definition) is 1. The second kappa shape index (κ2) is 4.69. The molecule has 0 saturated carbocycles. The maximum atomic E-state index is 9.36. The molecule has 14 heavy (non-hydrogen) atoms. The number of aliphatic hydroxyl groups excluding tert-OH is 1. The fraction of sp³-hybridized carbons (Fsp3) is 0.455. The Morgan fingerprint density at radius 2 is 2.07 bits per heavy atom. The van der Waals surface area contributed by atoms with Crippen molar-refractivity contribution in [1.82, 2.24) is 0 Å². The van der Waals surface area contributed by atoms with Gasteiger partial charge >= 0.3 is 0 Å². The molecule has 0 unspecified atom stereocenters. The third-order valence-electron chi connectivity index (χ3n) is 2.27. The molecule has 1 nitrogen and oxygen atoms in total. The van der Waals surface area contributed by atoms with Crippen molar-refractivity contribution < 1.29 is 5.11 Å². The molecule has 1 N–H and O–H groups in total. The summed E-state index contributed by atoms with van der Waals surface area (Å²) >= 11 is 5.25. The summed E-state index contributed by atoms with van der Waals surface area (Å²) < 4.78 is 1.07. The van der Waals surface area contributed by atoms with Crippen LogP contribution in [0.25, 0.3) is 0 Å². The van der Waals surface area contributed by atoms with Crippen LogP contribution in [0.1, 0.15) is 19.4 Å². The van der Waals surface area contributed by atoms with Gasteiger partial charge in [0.2, 0.25) is 0 Å². The lowest BCUT2D eigenvalue weighted by Crippen LogP contribution is -2.23. The second-order valence-corrected chi connectivity index (χ2v) is 5.56. The third-order valence-corrected chi connectivity index (χ3v) is 3.71. The molecule has 0 spiro atoms. The summed E-state index contributed by atoms with van der Waals surface area (Å²) in [6.07, 6.45) is 2.05. The van der Waals surface area contributed by atoms with Gasteiger partial charge in [-0.25, -0.2) is 0 Å². The minimum Gasteiger partial charge on any atom is -0.395 e. The van der Waals surface area contributed by atoms with E-state index in [-0.39, 0.29) is 12.0 Å². The highest BCUT2D eigenvalue weighted by molar-refractivity contribution is 9.10. The predicted octanol–water partition coefficient (Wildman–Crippen LogP) is 3.44. The Kier molecular flexibility index (Phi) is 4.04. The number of hydrogen-bond acceptors (Lipinski definition) is 2. The van der Waals surface area contributed by atoms with Crippen LogP contribution in [0, 0.1) is 0 Å². The van der Waals surface area contributed by atoms with Crippen molar-refractivity contribution >= 4 is 27.7 Å². The van der Waals surface area contributed by atoms with Crippen molar-refractivity contribution in [1.29, 1.82) is 0 Å². The molecular formula is C11H15BrOS. The second-order valence-electron chi connectivity index (χ2n) is 3.86. The minimum absolute atomic E-state index is 0.156. The molecule has 0 aromatic heterocycles. The molecule has 0 aliphatic carbocycles. The minimum atomic E-state index is -0.196. The average molecular weight is 275 g/mol. The van der Waals surface area contributed by atoms with Gasteiger partial charge in [0.15, 0.2) is 0 Å². The zero-order valence-corrected chi connectivity index (χ0v) is 11.1. The largest absolute Gasteiger partial charge is 0.395 e. The van der Waals surface area contributed by atoms with Crippen LogP contribution in [0.15, 0.2) is 27.6 Å². The summed E-state index contributed by atoms with van der Waals surface area (Å²) in [6, 6.07) is 6.13. The van der Waals surface area contributed by atoms with Gasteiger partial charge in [0.1, 0.15) is 0 Å². The number of aliphatic hydroxyl groups is 1. The summed E-state index contributed by atoms with van der Waals surface area (Å²) in [6.45, 7) is 4.25. The van der Waals surface area contributed by atoms with Gasteiger partial charge in [-0.15, -0.1) is 11.8 Å². The van der Waals surface area contributed by atoms with Crippen LogP contribution in [0.4, 0.5) is 0 Å². The van der Waals surface area contributed by atoms with E-state index in [4.69, 9.17) is 0 Å². The van der Waals surface area contributed by atoms with E-state index in [9.17, 15) is 5.11 Å². The number of rotatable bonds is 3. The Balaban J connectivity index is 3.30. The van der Waals surface area contributed by atoms with Crippen LogP contribution in [0.5, 0.6) is 0 Å². The molecule has 0 fully saturated rings. The van der Waals surface area contributed by atoms with Gasteiger partial charge in [-0.1, -0.05) is 35.8 Å². The fourth-order valence-corrected chi connectivity index (χ4v) is 3.25. The Bertz CT molecular complexity index is 323. The zero-order chi connectivity index (χ0) is 10.8. The molecule has 1 aromatic carbocycles. The molecule has 0 radical (unpaired) electrons. The summed E-state index contributed by atoms with van der Waals surface area (Å²) in [5.74, 6) is 0. The molecule has 1 aromatic rings. The first-order valence-electron chi connectivity index (χ1n) is 4.47. The Morgan fingerprint density at radius 1 is 1.43 bits per heavy atom. The number of thioether (sulfide) groups is 1. The van der Waals surface area contributed by atoms with Crippen molar-refractivity contribution in [3.8, 4) is 0 Å². The number of halogens is 1.